The predicted molar refractivity (Wildman–Crippen MR) is 68.2 cm³/mol. The van der Waals surface area contributed by atoms with Crippen molar-refractivity contribution in [1.29, 1.82) is 0 Å². The van der Waals surface area contributed by atoms with Crippen LogP contribution in [0.1, 0.15) is 18.4 Å². The molecule has 0 bridgehead atoms. The van der Waals surface area contributed by atoms with Crippen LogP contribution in [0.2, 0.25) is 0 Å². The minimum Gasteiger partial charge on any atom is -0.380 e. The molecule has 3 heterocycles. The normalized spacial score (nSPS) is 28.9. The molecule has 98 valence electrons. The molecule has 2 aliphatic heterocycles. The van der Waals surface area contributed by atoms with Gasteiger partial charge < -0.3 is 9.47 Å². The molecule has 18 heavy (non-hydrogen) atoms. The van der Waals surface area contributed by atoms with Crippen LogP contribution in [0.5, 0.6) is 0 Å². The molecule has 0 spiro atoms. The van der Waals surface area contributed by atoms with Crippen LogP contribution in [0.4, 0.5) is 0 Å². The van der Waals surface area contributed by atoms with Gasteiger partial charge in [0, 0.05) is 38.1 Å². The number of pyridine rings is 1. The summed E-state index contributed by atoms with van der Waals surface area (Å²) < 4.78 is 11.4. The van der Waals surface area contributed by atoms with Crippen LogP contribution in [0.25, 0.3) is 0 Å². The minimum absolute atomic E-state index is 0.366. The lowest BCUT2D eigenvalue weighted by atomic mass is 10.2. The monoisotopic (exact) mass is 248 g/mol. The summed E-state index contributed by atoms with van der Waals surface area (Å²) in [5.41, 5.74) is 1.15. The number of likely N-dealkylation sites (tertiary alicyclic amines) is 1. The van der Waals surface area contributed by atoms with Gasteiger partial charge in [-0.05, 0) is 24.5 Å². The van der Waals surface area contributed by atoms with Crippen LogP contribution in [0.3, 0.4) is 0 Å². The molecule has 0 aliphatic carbocycles. The van der Waals surface area contributed by atoms with Crippen LogP contribution < -0.4 is 0 Å². The predicted octanol–water partition coefficient (Wildman–Crippen LogP) is 1.46. The van der Waals surface area contributed by atoms with E-state index >= 15 is 0 Å². The fourth-order valence-corrected chi connectivity index (χ4v) is 2.73. The molecule has 1 aromatic rings. The Labute approximate surface area is 108 Å². The van der Waals surface area contributed by atoms with Crippen LogP contribution in [-0.2, 0) is 16.1 Å². The SMILES string of the molecule is c1cncc(CO[C@@H]2CCN(C3CCOC3)C2)c1. The summed E-state index contributed by atoms with van der Waals surface area (Å²) in [4.78, 5) is 6.62. The summed E-state index contributed by atoms with van der Waals surface area (Å²) in [6, 6.07) is 4.64. The van der Waals surface area contributed by atoms with Crippen molar-refractivity contribution in [2.75, 3.05) is 26.3 Å². The average Bonchev–Trinajstić information content (AvgIpc) is 3.08. The van der Waals surface area contributed by atoms with Gasteiger partial charge >= 0.3 is 0 Å². The number of nitrogens with zero attached hydrogens (tertiary/aromatic N) is 2. The zero-order chi connectivity index (χ0) is 12.2. The Morgan fingerprint density at radius 3 is 3.22 bits per heavy atom. The smallest absolute Gasteiger partial charge is 0.0736 e. The highest BCUT2D eigenvalue weighted by Gasteiger charge is 2.30. The summed E-state index contributed by atoms with van der Waals surface area (Å²) in [5.74, 6) is 0. The van der Waals surface area contributed by atoms with Gasteiger partial charge in [0.1, 0.15) is 0 Å². The summed E-state index contributed by atoms with van der Waals surface area (Å²) in [6.45, 7) is 4.69. The van der Waals surface area contributed by atoms with E-state index in [0.29, 0.717) is 18.8 Å². The number of hydrogen-bond donors (Lipinski definition) is 0. The quantitative estimate of drug-likeness (QED) is 0.808. The second-order valence-corrected chi connectivity index (χ2v) is 5.10. The zero-order valence-electron chi connectivity index (χ0n) is 10.6. The zero-order valence-corrected chi connectivity index (χ0v) is 10.6. The Balaban J connectivity index is 1.45. The van der Waals surface area contributed by atoms with Gasteiger partial charge in [-0.25, -0.2) is 0 Å². The van der Waals surface area contributed by atoms with E-state index in [1.54, 1.807) is 6.20 Å². The van der Waals surface area contributed by atoms with Crippen LogP contribution in [0, 0.1) is 0 Å². The second-order valence-electron chi connectivity index (χ2n) is 5.10. The third-order valence-electron chi connectivity index (χ3n) is 3.81. The standard InChI is InChI=1S/C14H20N2O2/c1-2-12(8-15-5-1)10-18-14-3-6-16(9-14)13-4-7-17-11-13/h1-2,5,8,13-14H,3-4,6-7,9-11H2/t13?,14-/m1/s1. The average molecular weight is 248 g/mol. The topological polar surface area (TPSA) is 34.6 Å². The van der Waals surface area contributed by atoms with E-state index in [-0.39, 0.29) is 0 Å². The highest BCUT2D eigenvalue weighted by Crippen LogP contribution is 2.21. The van der Waals surface area contributed by atoms with E-state index in [1.807, 2.05) is 12.3 Å². The van der Waals surface area contributed by atoms with Crippen LogP contribution in [-0.4, -0.2) is 48.3 Å². The highest BCUT2D eigenvalue weighted by atomic mass is 16.5. The molecular weight excluding hydrogens is 228 g/mol. The fraction of sp³-hybridized carbons (Fsp3) is 0.643. The molecule has 3 rings (SSSR count). The van der Waals surface area contributed by atoms with E-state index in [1.165, 1.54) is 6.42 Å². The maximum atomic E-state index is 5.96. The van der Waals surface area contributed by atoms with Crippen molar-refractivity contribution in [1.82, 2.24) is 9.88 Å². The van der Waals surface area contributed by atoms with Gasteiger partial charge in [0.15, 0.2) is 0 Å². The molecular formula is C14H20N2O2. The Hall–Kier alpha value is -0.970. The maximum Gasteiger partial charge on any atom is 0.0736 e. The third-order valence-corrected chi connectivity index (χ3v) is 3.81. The molecule has 0 amide bonds. The molecule has 2 aliphatic rings. The first kappa shape index (κ1) is 12.1. The number of aromatic nitrogens is 1. The molecule has 0 saturated carbocycles. The largest absolute Gasteiger partial charge is 0.380 e. The van der Waals surface area contributed by atoms with Crippen molar-refractivity contribution < 1.29 is 9.47 Å². The molecule has 0 N–H and O–H groups in total. The van der Waals surface area contributed by atoms with Crippen molar-refractivity contribution in [3.8, 4) is 0 Å². The molecule has 0 radical (unpaired) electrons. The van der Waals surface area contributed by atoms with Gasteiger partial charge in [-0.15, -0.1) is 0 Å². The molecule has 1 unspecified atom stereocenters. The van der Waals surface area contributed by atoms with Gasteiger partial charge in [0.25, 0.3) is 0 Å². The second kappa shape index (κ2) is 5.78. The van der Waals surface area contributed by atoms with Gasteiger partial charge in [0.2, 0.25) is 0 Å². The summed E-state index contributed by atoms with van der Waals surface area (Å²) in [5, 5.41) is 0. The number of rotatable bonds is 4. The van der Waals surface area contributed by atoms with E-state index < -0.39 is 0 Å². The molecule has 1 aromatic heterocycles. The van der Waals surface area contributed by atoms with Gasteiger partial charge in [-0.2, -0.15) is 0 Å². The summed E-state index contributed by atoms with van der Waals surface area (Å²) in [7, 11) is 0. The highest BCUT2D eigenvalue weighted by molar-refractivity contribution is 5.06. The number of ether oxygens (including phenoxy) is 2. The molecule has 2 atom stereocenters. The first-order chi connectivity index (χ1) is 8.92. The molecule has 2 saturated heterocycles. The Morgan fingerprint density at radius 1 is 1.44 bits per heavy atom. The van der Waals surface area contributed by atoms with E-state index in [9.17, 15) is 0 Å². The minimum atomic E-state index is 0.366. The summed E-state index contributed by atoms with van der Waals surface area (Å²) >= 11 is 0. The Morgan fingerprint density at radius 2 is 2.44 bits per heavy atom. The van der Waals surface area contributed by atoms with E-state index in [4.69, 9.17) is 9.47 Å². The number of hydrogen-bond acceptors (Lipinski definition) is 4. The van der Waals surface area contributed by atoms with Gasteiger partial charge in [-0.3, -0.25) is 9.88 Å². The fourth-order valence-electron chi connectivity index (χ4n) is 2.73. The van der Waals surface area contributed by atoms with Gasteiger partial charge in [-0.1, -0.05) is 6.07 Å². The van der Waals surface area contributed by atoms with Gasteiger partial charge in [0.05, 0.1) is 19.3 Å². The van der Waals surface area contributed by atoms with Crippen LogP contribution >= 0.6 is 0 Å². The van der Waals surface area contributed by atoms with Crippen molar-refractivity contribution >= 4 is 0 Å². The molecule has 0 aromatic carbocycles. The van der Waals surface area contributed by atoms with Crippen molar-refractivity contribution in [3.05, 3.63) is 30.1 Å². The molecule has 4 heteroatoms. The lowest BCUT2D eigenvalue weighted by Gasteiger charge is -2.22. The van der Waals surface area contributed by atoms with Crippen molar-refractivity contribution in [3.63, 3.8) is 0 Å². The Kier molecular flexibility index (Phi) is 3.88. The van der Waals surface area contributed by atoms with E-state index in [0.717, 1.165) is 38.3 Å². The molecule has 2 fully saturated rings. The van der Waals surface area contributed by atoms with Crippen molar-refractivity contribution in [2.24, 2.45) is 0 Å². The lowest BCUT2D eigenvalue weighted by molar-refractivity contribution is 0.0422. The summed E-state index contributed by atoms with van der Waals surface area (Å²) in [6.07, 6.45) is 6.34. The van der Waals surface area contributed by atoms with Crippen molar-refractivity contribution in [2.45, 2.75) is 31.6 Å². The third kappa shape index (κ3) is 2.88. The van der Waals surface area contributed by atoms with Crippen LogP contribution in [0.15, 0.2) is 24.5 Å². The first-order valence-corrected chi connectivity index (χ1v) is 6.74. The first-order valence-electron chi connectivity index (χ1n) is 6.74. The maximum absolute atomic E-state index is 5.96. The Bertz CT molecular complexity index is 365. The lowest BCUT2D eigenvalue weighted by Crippen LogP contribution is -2.34. The molecule has 4 nitrogen and oxygen atoms in total. The van der Waals surface area contributed by atoms with E-state index in [2.05, 4.69) is 16.0 Å².